The van der Waals surface area contributed by atoms with Gasteiger partial charge in [-0.2, -0.15) is 0 Å². The molecule has 1 atom stereocenters. The van der Waals surface area contributed by atoms with E-state index in [1.165, 1.54) is 24.0 Å². The van der Waals surface area contributed by atoms with Gasteiger partial charge in [0.25, 0.3) is 5.91 Å². The van der Waals surface area contributed by atoms with Gasteiger partial charge in [-0.05, 0) is 63.0 Å². The highest BCUT2D eigenvalue weighted by atomic mass is 16.1. The maximum absolute atomic E-state index is 12.3. The van der Waals surface area contributed by atoms with E-state index in [0.717, 1.165) is 24.2 Å². The summed E-state index contributed by atoms with van der Waals surface area (Å²) in [7, 11) is 0. The van der Waals surface area contributed by atoms with E-state index >= 15 is 0 Å². The van der Waals surface area contributed by atoms with Crippen LogP contribution in [0.5, 0.6) is 0 Å². The van der Waals surface area contributed by atoms with E-state index in [1.54, 1.807) is 0 Å². The van der Waals surface area contributed by atoms with E-state index in [-0.39, 0.29) is 5.91 Å². The van der Waals surface area contributed by atoms with Crippen molar-refractivity contribution in [2.24, 2.45) is 0 Å². The standard InChI is InChI=1S/C21H26N2O/c1-16-5-7-18(8-6-16)19-9-11-20(12-10-19)21(24)22-15-17(2)23-13-3-4-14-23/h5-12,17H,3-4,13-15H2,1-2H3,(H,22,24). The van der Waals surface area contributed by atoms with Gasteiger partial charge in [-0.1, -0.05) is 42.0 Å². The molecule has 1 fully saturated rings. The second-order valence-electron chi connectivity index (χ2n) is 6.75. The van der Waals surface area contributed by atoms with Gasteiger partial charge in [0.05, 0.1) is 0 Å². The fourth-order valence-corrected chi connectivity index (χ4v) is 3.21. The summed E-state index contributed by atoms with van der Waals surface area (Å²) in [5.74, 6) is 0.0107. The number of carbonyl (C=O) groups is 1. The number of rotatable bonds is 5. The van der Waals surface area contributed by atoms with Gasteiger partial charge in [0.2, 0.25) is 0 Å². The Kier molecular flexibility index (Phi) is 5.31. The molecule has 0 aromatic heterocycles. The molecule has 126 valence electrons. The predicted molar refractivity (Wildman–Crippen MR) is 99.2 cm³/mol. The van der Waals surface area contributed by atoms with Crippen LogP contribution in [0.15, 0.2) is 48.5 Å². The molecule has 3 rings (SSSR count). The van der Waals surface area contributed by atoms with Crippen molar-refractivity contribution in [1.29, 1.82) is 0 Å². The Balaban J connectivity index is 1.58. The number of likely N-dealkylation sites (tertiary alicyclic amines) is 1. The van der Waals surface area contributed by atoms with Gasteiger partial charge in [0, 0.05) is 18.2 Å². The van der Waals surface area contributed by atoms with E-state index in [4.69, 9.17) is 0 Å². The fraction of sp³-hybridized carbons (Fsp3) is 0.381. The summed E-state index contributed by atoms with van der Waals surface area (Å²) in [5.41, 5.74) is 4.29. The van der Waals surface area contributed by atoms with Crippen molar-refractivity contribution < 1.29 is 4.79 Å². The van der Waals surface area contributed by atoms with Gasteiger partial charge < -0.3 is 5.32 Å². The molecule has 1 saturated heterocycles. The molecule has 1 heterocycles. The summed E-state index contributed by atoms with van der Waals surface area (Å²) in [5, 5.41) is 3.06. The Morgan fingerprint density at radius 2 is 1.54 bits per heavy atom. The summed E-state index contributed by atoms with van der Waals surface area (Å²) >= 11 is 0. The molecule has 0 bridgehead atoms. The number of aryl methyl sites for hydroxylation is 1. The molecule has 2 aromatic carbocycles. The molecule has 1 unspecified atom stereocenters. The number of amides is 1. The Labute approximate surface area is 144 Å². The van der Waals surface area contributed by atoms with Crippen molar-refractivity contribution in [2.75, 3.05) is 19.6 Å². The maximum atomic E-state index is 12.3. The number of hydrogen-bond acceptors (Lipinski definition) is 2. The van der Waals surface area contributed by atoms with E-state index in [1.807, 2.05) is 24.3 Å². The first-order valence-electron chi connectivity index (χ1n) is 8.83. The van der Waals surface area contributed by atoms with Crippen LogP contribution in [0.4, 0.5) is 0 Å². The van der Waals surface area contributed by atoms with Crippen LogP contribution in [-0.2, 0) is 0 Å². The zero-order valence-electron chi connectivity index (χ0n) is 14.6. The van der Waals surface area contributed by atoms with Crippen molar-refractivity contribution in [2.45, 2.75) is 32.7 Å². The van der Waals surface area contributed by atoms with Crippen LogP contribution >= 0.6 is 0 Å². The zero-order valence-corrected chi connectivity index (χ0v) is 14.6. The summed E-state index contributed by atoms with van der Waals surface area (Å²) in [6.45, 7) is 7.29. The first-order valence-corrected chi connectivity index (χ1v) is 8.83. The van der Waals surface area contributed by atoms with Crippen molar-refractivity contribution in [1.82, 2.24) is 10.2 Å². The van der Waals surface area contributed by atoms with Crippen molar-refractivity contribution in [3.05, 3.63) is 59.7 Å². The highest BCUT2D eigenvalue weighted by Gasteiger charge is 2.18. The summed E-state index contributed by atoms with van der Waals surface area (Å²) in [4.78, 5) is 14.8. The van der Waals surface area contributed by atoms with Crippen LogP contribution in [0.25, 0.3) is 11.1 Å². The zero-order chi connectivity index (χ0) is 16.9. The smallest absolute Gasteiger partial charge is 0.251 e. The van der Waals surface area contributed by atoms with Crippen molar-refractivity contribution in [3.8, 4) is 11.1 Å². The molecule has 3 nitrogen and oxygen atoms in total. The Morgan fingerprint density at radius 1 is 1.00 bits per heavy atom. The topological polar surface area (TPSA) is 32.3 Å². The first-order chi connectivity index (χ1) is 11.6. The molecule has 1 aliphatic heterocycles. The first kappa shape index (κ1) is 16.7. The monoisotopic (exact) mass is 322 g/mol. The molecule has 24 heavy (non-hydrogen) atoms. The second-order valence-corrected chi connectivity index (χ2v) is 6.75. The maximum Gasteiger partial charge on any atom is 0.251 e. The lowest BCUT2D eigenvalue weighted by molar-refractivity contribution is 0.0940. The van der Waals surface area contributed by atoms with Gasteiger partial charge in [0.15, 0.2) is 0 Å². The fourth-order valence-electron chi connectivity index (χ4n) is 3.21. The minimum atomic E-state index is 0.0107. The summed E-state index contributed by atoms with van der Waals surface area (Å²) in [6, 6.07) is 16.7. The average molecular weight is 322 g/mol. The molecule has 2 aromatic rings. The molecule has 3 heteroatoms. The predicted octanol–water partition coefficient (Wildman–Crippen LogP) is 3.88. The molecule has 0 spiro atoms. The van der Waals surface area contributed by atoms with Crippen LogP contribution < -0.4 is 5.32 Å². The highest BCUT2D eigenvalue weighted by molar-refractivity contribution is 5.94. The number of nitrogens with one attached hydrogen (secondary N) is 1. The van der Waals surface area contributed by atoms with Crippen LogP contribution in [0.3, 0.4) is 0 Å². The molecular formula is C21H26N2O. The third-order valence-corrected chi connectivity index (χ3v) is 4.85. The van der Waals surface area contributed by atoms with E-state index < -0.39 is 0 Å². The Hall–Kier alpha value is -2.13. The van der Waals surface area contributed by atoms with Crippen LogP contribution in [-0.4, -0.2) is 36.5 Å². The molecule has 1 N–H and O–H groups in total. The molecular weight excluding hydrogens is 296 g/mol. The van der Waals surface area contributed by atoms with Crippen molar-refractivity contribution in [3.63, 3.8) is 0 Å². The molecule has 1 amide bonds. The van der Waals surface area contributed by atoms with Gasteiger partial charge >= 0.3 is 0 Å². The van der Waals surface area contributed by atoms with Crippen LogP contribution in [0.2, 0.25) is 0 Å². The number of carbonyl (C=O) groups excluding carboxylic acids is 1. The summed E-state index contributed by atoms with van der Waals surface area (Å²) in [6.07, 6.45) is 2.55. The van der Waals surface area contributed by atoms with E-state index in [0.29, 0.717) is 12.6 Å². The number of benzene rings is 2. The van der Waals surface area contributed by atoms with Gasteiger partial charge in [-0.3, -0.25) is 9.69 Å². The van der Waals surface area contributed by atoms with Gasteiger partial charge in [0.1, 0.15) is 0 Å². The second kappa shape index (κ2) is 7.63. The Bertz CT molecular complexity index is 670. The molecule has 0 saturated carbocycles. The summed E-state index contributed by atoms with van der Waals surface area (Å²) < 4.78 is 0. The number of nitrogens with zero attached hydrogens (tertiary/aromatic N) is 1. The molecule has 0 aliphatic carbocycles. The Morgan fingerprint density at radius 3 is 2.12 bits per heavy atom. The average Bonchev–Trinajstić information content (AvgIpc) is 3.15. The lowest BCUT2D eigenvalue weighted by atomic mass is 10.0. The lowest BCUT2D eigenvalue weighted by Crippen LogP contribution is -2.40. The van der Waals surface area contributed by atoms with E-state index in [9.17, 15) is 4.79 Å². The lowest BCUT2D eigenvalue weighted by Gasteiger charge is -2.23. The normalized spacial score (nSPS) is 16.1. The van der Waals surface area contributed by atoms with Gasteiger partial charge in [-0.15, -0.1) is 0 Å². The number of hydrogen-bond donors (Lipinski definition) is 1. The van der Waals surface area contributed by atoms with Crippen molar-refractivity contribution >= 4 is 5.91 Å². The minimum absolute atomic E-state index is 0.0107. The third kappa shape index (κ3) is 4.04. The van der Waals surface area contributed by atoms with Crippen LogP contribution in [0, 0.1) is 6.92 Å². The third-order valence-electron chi connectivity index (χ3n) is 4.85. The van der Waals surface area contributed by atoms with Gasteiger partial charge in [-0.25, -0.2) is 0 Å². The SMILES string of the molecule is Cc1ccc(-c2ccc(C(=O)NCC(C)N3CCCC3)cc2)cc1. The molecule has 0 radical (unpaired) electrons. The quantitative estimate of drug-likeness (QED) is 0.906. The van der Waals surface area contributed by atoms with E-state index in [2.05, 4.69) is 48.3 Å². The largest absolute Gasteiger partial charge is 0.350 e. The highest BCUT2D eigenvalue weighted by Crippen LogP contribution is 2.20. The minimum Gasteiger partial charge on any atom is -0.350 e. The van der Waals surface area contributed by atoms with Crippen LogP contribution in [0.1, 0.15) is 35.7 Å². The molecule has 1 aliphatic rings.